The summed E-state index contributed by atoms with van der Waals surface area (Å²) in [5, 5.41) is 10.9. The normalized spacial score (nSPS) is 10.4. The van der Waals surface area contributed by atoms with Gasteiger partial charge in [-0.2, -0.15) is 5.10 Å². The Hall–Kier alpha value is -2.01. The summed E-state index contributed by atoms with van der Waals surface area (Å²) in [6.45, 7) is 2.35. The topological polar surface area (TPSA) is 47.0 Å². The molecule has 0 amide bonds. The Balaban J connectivity index is 2.10. The third kappa shape index (κ3) is 3.01. The molecule has 5 heteroatoms. The summed E-state index contributed by atoms with van der Waals surface area (Å²) in [6, 6.07) is 8.20. The van der Waals surface area contributed by atoms with Gasteiger partial charge in [0.2, 0.25) is 5.88 Å². The van der Waals surface area contributed by atoms with Gasteiger partial charge in [0, 0.05) is 18.7 Å². The highest BCUT2D eigenvalue weighted by Gasteiger charge is 2.03. The smallest absolute Gasteiger partial charge is 0.238 e. The Labute approximate surface area is 105 Å². The number of hydrogen-bond acceptors (Lipinski definition) is 4. The highest BCUT2D eigenvalue weighted by atomic mass is 19.1. The maximum Gasteiger partial charge on any atom is 0.238 e. The first-order chi connectivity index (χ1) is 8.69. The van der Waals surface area contributed by atoms with E-state index in [0.717, 1.165) is 5.69 Å². The van der Waals surface area contributed by atoms with Crippen molar-refractivity contribution in [1.29, 1.82) is 0 Å². The molecule has 0 aliphatic carbocycles. The van der Waals surface area contributed by atoms with E-state index in [1.807, 2.05) is 13.1 Å². The second-order valence-corrected chi connectivity index (χ2v) is 3.91. The fraction of sp³-hybridized carbons (Fsp3) is 0.231. The van der Waals surface area contributed by atoms with Gasteiger partial charge in [0.15, 0.2) is 0 Å². The Kier molecular flexibility index (Phi) is 3.84. The Morgan fingerprint density at radius 2 is 2.06 bits per heavy atom. The number of aryl methyl sites for hydroxylation is 1. The van der Waals surface area contributed by atoms with E-state index in [-0.39, 0.29) is 5.82 Å². The summed E-state index contributed by atoms with van der Waals surface area (Å²) < 4.78 is 18.7. The minimum Gasteiger partial charge on any atom is -0.437 e. The van der Waals surface area contributed by atoms with E-state index in [9.17, 15) is 4.39 Å². The van der Waals surface area contributed by atoms with Gasteiger partial charge in [-0.05, 0) is 31.7 Å². The van der Waals surface area contributed by atoms with Gasteiger partial charge in [0.1, 0.15) is 11.6 Å². The molecule has 2 aromatic rings. The van der Waals surface area contributed by atoms with Gasteiger partial charge in [-0.3, -0.25) is 0 Å². The van der Waals surface area contributed by atoms with Crippen LogP contribution in [0.3, 0.4) is 0 Å². The Bertz CT molecular complexity index is 528. The van der Waals surface area contributed by atoms with Crippen LogP contribution in [0.4, 0.5) is 4.39 Å². The van der Waals surface area contributed by atoms with E-state index in [2.05, 4.69) is 15.5 Å². The van der Waals surface area contributed by atoms with Crippen LogP contribution in [-0.2, 0) is 6.54 Å². The molecule has 0 aliphatic heterocycles. The van der Waals surface area contributed by atoms with Crippen molar-refractivity contribution in [1.82, 2.24) is 15.5 Å². The van der Waals surface area contributed by atoms with Crippen molar-refractivity contribution >= 4 is 0 Å². The zero-order valence-corrected chi connectivity index (χ0v) is 10.3. The minimum absolute atomic E-state index is 0.299. The average Bonchev–Trinajstić information content (AvgIpc) is 2.37. The lowest BCUT2D eigenvalue weighted by molar-refractivity contribution is 0.448. The quantitative estimate of drug-likeness (QED) is 0.901. The predicted molar refractivity (Wildman–Crippen MR) is 66.0 cm³/mol. The molecule has 0 atom stereocenters. The van der Waals surface area contributed by atoms with Gasteiger partial charge in [-0.1, -0.05) is 6.07 Å². The molecule has 94 valence electrons. The summed E-state index contributed by atoms with van der Waals surface area (Å²) >= 11 is 0. The maximum atomic E-state index is 13.3. The molecule has 1 heterocycles. The fourth-order valence-corrected chi connectivity index (χ4v) is 1.44. The lowest BCUT2D eigenvalue weighted by Crippen LogP contribution is -2.07. The van der Waals surface area contributed by atoms with Gasteiger partial charge in [0.25, 0.3) is 0 Å². The molecule has 2 rings (SSSR count). The lowest BCUT2D eigenvalue weighted by atomic mass is 10.2. The molecule has 0 aliphatic rings. The monoisotopic (exact) mass is 247 g/mol. The van der Waals surface area contributed by atoms with Gasteiger partial charge in [-0.15, -0.1) is 5.10 Å². The van der Waals surface area contributed by atoms with Crippen LogP contribution in [0.2, 0.25) is 0 Å². The summed E-state index contributed by atoms with van der Waals surface area (Å²) in [7, 11) is 1.83. The number of nitrogens with zero attached hydrogens (tertiary/aromatic N) is 2. The molecule has 0 radical (unpaired) electrons. The molecule has 0 unspecified atom stereocenters. The van der Waals surface area contributed by atoms with Gasteiger partial charge in [-0.25, -0.2) is 4.39 Å². The van der Waals surface area contributed by atoms with Crippen molar-refractivity contribution in [2.75, 3.05) is 7.05 Å². The highest BCUT2D eigenvalue weighted by molar-refractivity contribution is 5.30. The summed E-state index contributed by atoms with van der Waals surface area (Å²) in [5.41, 5.74) is 1.40. The largest absolute Gasteiger partial charge is 0.437 e. The van der Waals surface area contributed by atoms with Gasteiger partial charge < -0.3 is 10.1 Å². The van der Waals surface area contributed by atoms with E-state index in [0.29, 0.717) is 23.7 Å². The molecular weight excluding hydrogens is 233 g/mol. The molecule has 0 bridgehead atoms. The van der Waals surface area contributed by atoms with Crippen molar-refractivity contribution < 1.29 is 9.13 Å². The third-order valence-corrected chi connectivity index (χ3v) is 2.42. The molecule has 4 nitrogen and oxygen atoms in total. The standard InChI is InChI=1S/C13H14FN3O/c1-9-3-5-11(7-12(9)14)18-13-6-4-10(8-15-2)16-17-13/h3-7,15H,8H2,1-2H3. The number of ether oxygens (including phenoxy) is 1. The van der Waals surface area contributed by atoms with E-state index in [4.69, 9.17) is 4.74 Å². The van der Waals surface area contributed by atoms with Crippen molar-refractivity contribution in [3.05, 3.63) is 47.4 Å². The molecule has 1 N–H and O–H groups in total. The fourth-order valence-electron chi connectivity index (χ4n) is 1.44. The van der Waals surface area contributed by atoms with Crippen molar-refractivity contribution in [2.45, 2.75) is 13.5 Å². The van der Waals surface area contributed by atoms with Crippen molar-refractivity contribution in [2.24, 2.45) is 0 Å². The van der Waals surface area contributed by atoms with Crippen molar-refractivity contribution in [3.63, 3.8) is 0 Å². The maximum absolute atomic E-state index is 13.3. The number of hydrogen-bond donors (Lipinski definition) is 1. The van der Waals surface area contributed by atoms with Crippen molar-refractivity contribution in [3.8, 4) is 11.6 Å². The zero-order valence-electron chi connectivity index (χ0n) is 10.3. The second kappa shape index (κ2) is 5.55. The van der Waals surface area contributed by atoms with Crippen LogP contribution in [0.25, 0.3) is 0 Å². The van der Waals surface area contributed by atoms with Gasteiger partial charge in [0.05, 0.1) is 5.69 Å². The first kappa shape index (κ1) is 12.4. The third-order valence-electron chi connectivity index (χ3n) is 2.42. The van der Waals surface area contributed by atoms with E-state index in [1.165, 1.54) is 6.07 Å². The summed E-state index contributed by atoms with van der Waals surface area (Å²) in [5.74, 6) is 0.458. The number of nitrogens with one attached hydrogen (secondary N) is 1. The number of benzene rings is 1. The second-order valence-electron chi connectivity index (χ2n) is 3.91. The molecule has 1 aromatic heterocycles. The summed E-state index contributed by atoms with van der Waals surface area (Å²) in [4.78, 5) is 0. The predicted octanol–water partition coefficient (Wildman–Crippen LogP) is 2.44. The first-order valence-corrected chi connectivity index (χ1v) is 5.60. The Morgan fingerprint density at radius 1 is 1.22 bits per heavy atom. The summed E-state index contributed by atoms with van der Waals surface area (Å²) in [6.07, 6.45) is 0. The van der Waals surface area contributed by atoms with Crippen LogP contribution >= 0.6 is 0 Å². The number of aromatic nitrogens is 2. The van der Waals surface area contributed by atoms with Crippen LogP contribution in [0, 0.1) is 12.7 Å². The van der Waals surface area contributed by atoms with E-state index in [1.54, 1.807) is 25.1 Å². The highest BCUT2D eigenvalue weighted by Crippen LogP contribution is 2.21. The van der Waals surface area contributed by atoms with Gasteiger partial charge >= 0.3 is 0 Å². The molecule has 18 heavy (non-hydrogen) atoms. The average molecular weight is 247 g/mol. The van der Waals surface area contributed by atoms with Crippen LogP contribution in [0.5, 0.6) is 11.6 Å². The molecule has 0 saturated heterocycles. The van der Waals surface area contributed by atoms with E-state index < -0.39 is 0 Å². The zero-order chi connectivity index (χ0) is 13.0. The molecular formula is C13H14FN3O. The van der Waals surface area contributed by atoms with E-state index >= 15 is 0 Å². The number of halogens is 1. The Morgan fingerprint density at radius 3 is 2.67 bits per heavy atom. The molecule has 0 fully saturated rings. The minimum atomic E-state index is -0.299. The molecule has 0 spiro atoms. The molecule has 0 saturated carbocycles. The van der Waals surface area contributed by atoms with Crippen LogP contribution in [-0.4, -0.2) is 17.2 Å². The SMILES string of the molecule is CNCc1ccc(Oc2ccc(C)c(F)c2)nn1. The van der Waals surface area contributed by atoms with Crippen LogP contribution in [0.15, 0.2) is 30.3 Å². The number of rotatable bonds is 4. The molecule has 1 aromatic carbocycles. The van der Waals surface area contributed by atoms with Crippen LogP contribution < -0.4 is 10.1 Å². The lowest BCUT2D eigenvalue weighted by Gasteiger charge is -2.05. The van der Waals surface area contributed by atoms with Crippen LogP contribution in [0.1, 0.15) is 11.3 Å². The first-order valence-electron chi connectivity index (χ1n) is 5.60.